The van der Waals surface area contributed by atoms with Gasteiger partial charge in [-0.1, -0.05) is 0 Å². The number of nitriles is 1. The lowest BCUT2D eigenvalue weighted by Crippen LogP contribution is -2.12. The van der Waals surface area contributed by atoms with Crippen LogP contribution in [0, 0.1) is 17.2 Å². The van der Waals surface area contributed by atoms with Crippen molar-refractivity contribution in [1.29, 1.82) is 5.26 Å². The number of ether oxygens (including phenoxy) is 2. The lowest BCUT2D eigenvalue weighted by molar-refractivity contribution is -0.116. The summed E-state index contributed by atoms with van der Waals surface area (Å²) in [6.45, 7) is 1.80. The van der Waals surface area contributed by atoms with Gasteiger partial charge in [0.1, 0.15) is 0 Å². The average molecular weight is 262 g/mol. The van der Waals surface area contributed by atoms with E-state index in [1.165, 1.54) is 7.11 Å². The maximum Gasteiger partial charge on any atom is 0.224 e. The highest BCUT2D eigenvalue weighted by molar-refractivity contribution is 5.91. The maximum atomic E-state index is 11.7. The van der Waals surface area contributed by atoms with E-state index in [0.29, 0.717) is 30.0 Å². The van der Waals surface area contributed by atoms with E-state index in [0.717, 1.165) is 0 Å². The van der Waals surface area contributed by atoms with Gasteiger partial charge in [-0.2, -0.15) is 5.26 Å². The van der Waals surface area contributed by atoms with E-state index >= 15 is 0 Å². The van der Waals surface area contributed by atoms with Gasteiger partial charge in [0, 0.05) is 24.1 Å². The average Bonchev–Trinajstić information content (AvgIpc) is 2.44. The van der Waals surface area contributed by atoms with Gasteiger partial charge in [-0.3, -0.25) is 4.79 Å². The van der Waals surface area contributed by atoms with Crippen molar-refractivity contribution in [2.45, 2.75) is 19.8 Å². The maximum absolute atomic E-state index is 11.7. The first-order valence-corrected chi connectivity index (χ1v) is 6.02. The van der Waals surface area contributed by atoms with Crippen LogP contribution in [0.3, 0.4) is 0 Å². The molecule has 0 fully saturated rings. The molecule has 1 rings (SSSR count). The molecule has 102 valence electrons. The summed E-state index contributed by atoms with van der Waals surface area (Å²) in [6, 6.07) is 7.27. The highest BCUT2D eigenvalue weighted by atomic mass is 16.5. The number of carbonyl (C=O) groups is 1. The molecule has 0 aromatic heterocycles. The van der Waals surface area contributed by atoms with Crippen LogP contribution in [0.4, 0.5) is 5.69 Å². The number of hydrogen-bond donors (Lipinski definition) is 1. The molecule has 0 aliphatic rings. The van der Waals surface area contributed by atoms with Crippen molar-refractivity contribution in [3.63, 3.8) is 0 Å². The number of anilines is 1. The van der Waals surface area contributed by atoms with Gasteiger partial charge < -0.3 is 14.8 Å². The zero-order chi connectivity index (χ0) is 14.3. The first kappa shape index (κ1) is 14.8. The molecule has 1 amide bonds. The van der Waals surface area contributed by atoms with Gasteiger partial charge in [-0.25, -0.2) is 0 Å². The van der Waals surface area contributed by atoms with Crippen molar-refractivity contribution in [3.8, 4) is 17.6 Å². The minimum atomic E-state index is -0.116. The normalized spacial score (nSPS) is 11.3. The van der Waals surface area contributed by atoms with Crippen molar-refractivity contribution in [1.82, 2.24) is 0 Å². The fourth-order valence-electron chi connectivity index (χ4n) is 1.55. The van der Waals surface area contributed by atoms with Crippen molar-refractivity contribution in [2.24, 2.45) is 5.92 Å². The third kappa shape index (κ3) is 4.51. The van der Waals surface area contributed by atoms with E-state index in [1.807, 2.05) is 0 Å². The summed E-state index contributed by atoms with van der Waals surface area (Å²) in [4.78, 5) is 11.7. The van der Waals surface area contributed by atoms with Gasteiger partial charge >= 0.3 is 0 Å². The smallest absolute Gasteiger partial charge is 0.224 e. The molecule has 0 saturated carbocycles. The highest BCUT2D eigenvalue weighted by Gasteiger charge is 2.09. The number of rotatable bonds is 6. The molecule has 0 heterocycles. The van der Waals surface area contributed by atoms with Crippen LogP contribution in [0.15, 0.2) is 18.2 Å². The lowest BCUT2D eigenvalue weighted by atomic mass is 10.1. The van der Waals surface area contributed by atoms with Crippen LogP contribution in [-0.4, -0.2) is 20.1 Å². The molecule has 0 aliphatic heterocycles. The van der Waals surface area contributed by atoms with Crippen molar-refractivity contribution >= 4 is 11.6 Å². The van der Waals surface area contributed by atoms with Crippen molar-refractivity contribution < 1.29 is 14.3 Å². The molecular formula is C14H18N2O3. The number of nitrogens with one attached hydrogen (secondary N) is 1. The largest absolute Gasteiger partial charge is 0.493 e. The zero-order valence-corrected chi connectivity index (χ0v) is 11.4. The van der Waals surface area contributed by atoms with E-state index in [1.54, 1.807) is 32.2 Å². The summed E-state index contributed by atoms with van der Waals surface area (Å²) in [6.07, 6.45) is 0.874. The summed E-state index contributed by atoms with van der Waals surface area (Å²) >= 11 is 0. The van der Waals surface area contributed by atoms with E-state index in [2.05, 4.69) is 11.4 Å². The second-order valence-corrected chi connectivity index (χ2v) is 4.19. The predicted octanol–water partition coefficient (Wildman–Crippen LogP) is 2.58. The van der Waals surface area contributed by atoms with Gasteiger partial charge in [0.25, 0.3) is 0 Å². The third-order valence-corrected chi connectivity index (χ3v) is 2.69. The number of methoxy groups -OCH3 is 2. The Bertz CT molecular complexity index is 480. The molecule has 5 heteroatoms. The summed E-state index contributed by atoms with van der Waals surface area (Å²) in [5.74, 6) is 0.940. The number of benzene rings is 1. The Kier molecular flexibility index (Phi) is 5.68. The number of hydrogen-bond acceptors (Lipinski definition) is 4. The van der Waals surface area contributed by atoms with Crippen LogP contribution in [0.1, 0.15) is 19.8 Å². The first-order valence-electron chi connectivity index (χ1n) is 6.02. The van der Waals surface area contributed by atoms with Gasteiger partial charge in [0.15, 0.2) is 11.5 Å². The molecule has 1 aromatic carbocycles. The number of nitrogens with zero attached hydrogens (tertiary/aromatic N) is 1. The molecule has 1 aromatic rings. The molecular weight excluding hydrogens is 244 g/mol. The molecule has 19 heavy (non-hydrogen) atoms. The Morgan fingerprint density at radius 3 is 2.63 bits per heavy atom. The number of carbonyl (C=O) groups excluding carboxylic acids is 1. The second-order valence-electron chi connectivity index (χ2n) is 4.19. The fraction of sp³-hybridized carbons (Fsp3) is 0.429. The standard InChI is InChI=1S/C14H18N2O3/c1-10(9-15)4-7-14(17)16-11-5-6-12(18-2)13(8-11)19-3/h5-6,8,10H,4,7H2,1-3H3,(H,16,17). The Morgan fingerprint density at radius 2 is 2.05 bits per heavy atom. The molecule has 0 bridgehead atoms. The van der Waals surface area contributed by atoms with E-state index in [9.17, 15) is 4.79 Å². The molecule has 0 radical (unpaired) electrons. The molecule has 0 spiro atoms. The van der Waals surface area contributed by atoms with Crippen LogP contribution < -0.4 is 14.8 Å². The summed E-state index contributed by atoms with van der Waals surface area (Å²) in [5.41, 5.74) is 0.646. The van der Waals surface area contributed by atoms with Crippen LogP contribution in [0.5, 0.6) is 11.5 Å². The van der Waals surface area contributed by atoms with Gasteiger partial charge in [-0.15, -0.1) is 0 Å². The Balaban J connectivity index is 2.62. The summed E-state index contributed by atoms with van der Waals surface area (Å²) < 4.78 is 10.3. The molecule has 1 N–H and O–H groups in total. The third-order valence-electron chi connectivity index (χ3n) is 2.69. The van der Waals surface area contributed by atoms with Crippen LogP contribution >= 0.6 is 0 Å². The molecule has 1 atom stereocenters. The van der Waals surface area contributed by atoms with E-state index < -0.39 is 0 Å². The van der Waals surface area contributed by atoms with Crippen molar-refractivity contribution in [2.75, 3.05) is 19.5 Å². The highest BCUT2D eigenvalue weighted by Crippen LogP contribution is 2.29. The Labute approximate surface area is 113 Å². The fourth-order valence-corrected chi connectivity index (χ4v) is 1.55. The van der Waals surface area contributed by atoms with Gasteiger partial charge in [0.05, 0.1) is 20.3 Å². The predicted molar refractivity (Wildman–Crippen MR) is 72.2 cm³/mol. The molecule has 5 nitrogen and oxygen atoms in total. The lowest BCUT2D eigenvalue weighted by Gasteiger charge is -2.10. The molecule has 0 saturated heterocycles. The van der Waals surface area contributed by atoms with Gasteiger partial charge in [0.2, 0.25) is 5.91 Å². The topological polar surface area (TPSA) is 71.3 Å². The second kappa shape index (κ2) is 7.27. The van der Waals surface area contributed by atoms with Crippen LogP contribution in [-0.2, 0) is 4.79 Å². The number of amides is 1. The minimum Gasteiger partial charge on any atom is -0.493 e. The van der Waals surface area contributed by atoms with E-state index in [-0.39, 0.29) is 11.8 Å². The van der Waals surface area contributed by atoms with Crippen LogP contribution in [0.2, 0.25) is 0 Å². The quantitative estimate of drug-likeness (QED) is 0.855. The molecule has 1 unspecified atom stereocenters. The molecule has 0 aliphatic carbocycles. The monoisotopic (exact) mass is 262 g/mol. The van der Waals surface area contributed by atoms with Crippen LogP contribution in [0.25, 0.3) is 0 Å². The zero-order valence-electron chi connectivity index (χ0n) is 11.4. The Morgan fingerprint density at radius 1 is 1.37 bits per heavy atom. The minimum absolute atomic E-state index is 0.115. The first-order chi connectivity index (χ1) is 9.10. The van der Waals surface area contributed by atoms with Gasteiger partial charge in [-0.05, 0) is 25.5 Å². The summed E-state index contributed by atoms with van der Waals surface area (Å²) in [7, 11) is 3.09. The van der Waals surface area contributed by atoms with E-state index in [4.69, 9.17) is 14.7 Å². The Hall–Kier alpha value is -2.22. The SMILES string of the molecule is COc1ccc(NC(=O)CCC(C)C#N)cc1OC. The van der Waals surface area contributed by atoms with Crippen molar-refractivity contribution in [3.05, 3.63) is 18.2 Å². The summed E-state index contributed by atoms with van der Waals surface area (Å²) in [5, 5.41) is 11.4.